The molecule has 1 aromatic rings. The number of piperazine rings is 1. The van der Waals surface area contributed by atoms with Crippen molar-refractivity contribution in [1.29, 1.82) is 0 Å². The van der Waals surface area contributed by atoms with Gasteiger partial charge in [-0.2, -0.15) is 0 Å². The standard InChI is InChI=1S/C13H21N3O2S/c1-9-11(19-8-15-9)10-7-16(6-5-14-10)12(17)18-13(2,3)4/h8,10,14H,5-7H2,1-4H3. The van der Waals surface area contributed by atoms with Crippen molar-refractivity contribution in [2.75, 3.05) is 19.6 Å². The molecule has 0 spiro atoms. The fraction of sp³-hybridized carbons (Fsp3) is 0.692. The van der Waals surface area contributed by atoms with Gasteiger partial charge in [0, 0.05) is 24.5 Å². The number of nitrogens with one attached hydrogen (secondary N) is 1. The SMILES string of the molecule is Cc1ncsc1C1CN(C(=O)OC(C)(C)C)CCN1. The van der Waals surface area contributed by atoms with E-state index in [1.165, 1.54) is 4.88 Å². The van der Waals surface area contributed by atoms with Gasteiger partial charge in [-0.3, -0.25) is 0 Å². The van der Waals surface area contributed by atoms with Crippen LogP contribution in [-0.2, 0) is 4.74 Å². The van der Waals surface area contributed by atoms with Crippen LogP contribution in [0.3, 0.4) is 0 Å². The Morgan fingerprint density at radius 3 is 2.89 bits per heavy atom. The number of amides is 1. The van der Waals surface area contributed by atoms with Crippen molar-refractivity contribution in [3.63, 3.8) is 0 Å². The lowest BCUT2D eigenvalue weighted by molar-refractivity contribution is 0.0196. The Bertz CT molecular complexity index is 453. The van der Waals surface area contributed by atoms with Crippen molar-refractivity contribution >= 4 is 17.4 Å². The average molecular weight is 283 g/mol. The number of aromatic nitrogens is 1. The van der Waals surface area contributed by atoms with E-state index in [4.69, 9.17) is 4.74 Å². The summed E-state index contributed by atoms with van der Waals surface area (Å²) in [5.41, 5.74) is 2.44. The van der Waals surface area contributed by atoms with E-state index < -0.39 is 5.60 Å². The smallest absolute Gasteiger partial charge is 0.410 e. The molecule has 19 heavy (non-hydrogen) atoms. The molecule has 0 aliphatic carbocycles. The number of ether oxygens (including phenoxy) is 1. The van der Waals surface area contributed by atoms with E-state index in [0.29, 0.717) is 13.1 Å². The third-order valence-electron chi connectivity index (χ3n) is 2.93. The molecular weight excluding hydrogens is 262 g/mol. The summed E-state index contributed by atoms with van der Waals surface area (Å²) in [4.78, 5) is 19.3. The number of nitrogens with zero attached hydrogens (tertiary/aromatic N) is 2. The first-order valence-corrected chi connectivity index (χ1v) is 7.36. The molecule has 2 heterocycles. The van der Waals surface area contributed by atoms with E-state index in [9.17, 15) is 4.79 Å². The first-order valence-electron chi connectivity index (χ1n) is 6.48. The lowest BCUT2D eigenvalue weighted by atomic mass is 10.1. The van der Waals surface area contributed by atoms with Gasteiger partial charge in [0.25, 0.3) is 0 Å². The predicted octanol–water partition coefficient (Wildman–Crippen LogP) is 2.33. The average Bonchev–Trinajstić information content (AvgIpc) is 2.73. The molecule has 1 atom stereocenters. The van der Waals surface area contributed by atoms with Crippen LogP contribution in [0.4, 0.5) is 4.79 Å². The first-order chi connectivity index (χ1) is 8.87. The highest BCUT2D eigenvalue weighted by Crippen LogP contribution is 2.25. The number of carbonyl (C=O) groups is 1. The predicted molar refractivity (Wildman–Crippen MR) is 75.4 cm³/mol. The molecule has 1 aliphatic rings. The number of hydrogen-bond donors (Lipinski definition) is 1. The highest BCUT2D eigenvalue weighted by atomic mass is 32.1. The summed E-state index contributed by atoms with van der Waals surface area (Å²) in [6.45, 7) is 9.76. The van der Waals surface area contributed by atoms with Gasteiger partial charge in [-0.15, -0.1) is 11.3 Å². The molecule has 6 heteroatoms. The van der Waals surface area contributed by atoms with Gasteiger partial charge >= 0.3 is 6.09 Å². The molecule has 1 N–H and O–H groups in total. The second-order valence-electron chi connectivity index (χ2n) is 5.74. The molecule has 1 aliphatic heterocycles. The molecule has 1 fully saturated rings. The fourth-order valence-corrected chi connectivity index (χ4v) is 2.93. The summed E-state index contributed by atoms with van der Waals surface area (Å²) in [6.07, 6.45) is -0.235. The Hall–Kier alpha value is -1.14. The highest BCUT2D eigenvalue weighted by Gasteiger charge is 2.29. The quantitative estimate of drug-likeness (QED) is 0.859. The molecule has 1 amide bonds. The van der Waals surface area contributed by atoms with Crippen LogP contribution in [-0.4, -0.2) is 41.2 Å². The third kappa shape index (κ3) is 3.67. The minimum Gasteiger partial charge on any atom is -0.444 e. The van der Waals surface area contributed by atoms with E-state index >= 15 is 0 Å². The van der Waals surface area contributed by atoms with E-state index in [2.05, 4.69) is 10.3 Å². The maximum Gasteiger partial charge on any atom is 0.410 e. The summed E-state index contributed by atoms with van der Waals surface area (Å²) in [5.74, 6) is 0. The number of carbonyl (C=O) groups excluding carboxylic acids is 1. The lowest BCUT2D eigenvalue weighted by Gasteiger charge is -2.34. The van der Waals surface area contributed by atoms with Gasteiger partial charge in [-0.05, 0) is 27.7 Å². The van der Waals surface area contributed by atoms with Gasteiger partial charge < -0.3 is 15.0 Å². The van der Waals surface area contributed by atoms with E-state index in [0.717, 1.165) is 12.2 Å². The zero-order chi connectivity index (χ0) is 14.0. The van der Waals surface area contributed by atoms with Crippen LogP contribution in [0, 0.1) is 6.92 Å². The lowest BCUT2D eigenvalue weighted by Crippen LogP contribution is -2.49. The van der Waals surface area contributed by atoms with Gasteiger partial charge in [0.2, 0.25) is 0 Å². The number of thiazole rings is 1. The Balaban J connectivity index is 2.01. The Morgan fingerprint density at radius 2 is 2.32 bits per heavy atom. The van der Waals surface area contributed by atoms with Crippen LogP contribution in [0.25, 0.3) is 0 Å². The minimum absolute atomic E-state index is 0.161. The summed E-state index contributed by atoms with van der Waals surface area (Å²) >= 11 is 1.63. The molecule has 1 unspecified atom stereocenters. The van der Waals surface area contributed by atoms with Crippen LogP contribution in [0.1, 0.15) is 37.4 Å². The molecule has 0 aromatic carbocycles. The fourth-order valence-electron chi connectivity index (χ4n) is 2.06. The van der Waals surface area contributed by atoms with Crippen LogP contribution in [0.15, 0.2) is 5.51 Å². The summed E-state index contributed by atoms with van der Waals surface area (Å²) < 4.78 is 5.42. The molecular formula is C13H21N3O2S. The van der Waals surface area contributed by atoms with Crippen molar-refractivity contribution in [2.45, 2.75) is 39.3 Å². The number of aryl methyl sites for hydroxylation is 1. The molecule has 5 nitrogen and oxygen atoms in total. The first kappa shape index (κ1) is 14.3. The Morgan fingerprint density at radius 1 is 1.58 bits per heavy atom. The molecule has 2 rings (SSSR count). The molecule has 0 radical (unpaired) electrons. The normalized spacial score (nSPS) is 20.4. The molecule has 1 saturated heterocycles. The van der Waals surface area contributed by atoms with Gasteiger partial charge in [0.05, 0.1) is 17.2 Å². The zero-order valence-electron chi connectivity index (χ0n) is 11.9. The maximum atomic E-state index is 12.1. The third-order valence-corrected chi connectivity index (χ3v) is 3.97. The molecule has 0 saturated carbocycles. The second kappa shape index (κ2) is 5.46. The molecule has 106 valence electrons. The minimum atomic E-state index is -0.447. The van der Waals surface area contributed by atoms with Crippen molar-refractivity contribution < 1.29 is 9.53 Å². The monoisotopic (exact) mass is 283 g/mol. The van der Waals surface area contributed by atoms with E-state index in [1.54, 1.807) is 16.2 Å². The summed E-state index contributed by atoms with van der Waals surface area (Å²) in [5, 5.41) is 3.43. The molecule has 0 bridgehead atoms. The topological polar surface area (TPSA) is 54.5 Å². The Labute approximate surface area is 118 Å². The second-order valence-corrected chi connectivity index (χ2v) is 6.62. The number of rotatable bonds is 1. The van der Waals surface area contributed by atoms with Gasteiger partial charge in [-0.1, -0.05) is 0 Å². The van der Waals surface area contributed by atoms with Crippen molar-refractivity contribution in [3.05, 3.63) is 16.1 Å². The van der Waals surface area contributed by atoms with Crippen molar-refractivity contribution in [3.8, 4) is 0 Å². The van der Waals surface area contributed by atoms with Gasteiger partial charge in [0.15, 0.2) is 0 Å². The summed E-state index contributed by atoms with van der Waals surface area (Å²) in [6, 6.07) is 0.161. The van der Waals surface area contributed by atoms with Crippen LogP contribution >= 0.6 is 11.3 Å². The van der Waals surface area contributed by atoms with Crippen LogP contribution in [0.5, 0.6) is 0 Å². The zero-order valence-corrected chi connectivity index (χ0v) is 12.7. The summed E-state index contributed by atoms with van der Waals surface area (Å²) in [7, 11) is 0. The van der Waals surface area contributed by atoms with Crippen molar-refractivity contribution in [1.82, 2.24) is 15.2 Å². The van der Waals surface area contributed by atoms with Crippen molar-refractivity contribution in [2.24, 2.45) is 0 Å². The van der Waals surface area contributed by atoms with E-state index in [-0.39, 0.29) is 12.1 Å². The van der Waals surface area contributed by atoms with E-state index in [1.807, 2.05) is 33.2 Å². The largest absolute Gasteiger partial charge is 0.444 e. The molecule has 1 aromatic heterocycles. The number of hydrogen-bond acceptors (Lipinski definition) is 5. The van der Waals surface area contributed by atoms with Crippen LogP contribution in [0.2, 0.25) is 0 Å². The Kier molecular flexibility index (Phi) is 4.10. The maximum absolute atomic E-state index is 12.1. The highest BCUT2D eigenvalue weighted by molar-refractivity contribution is 7.09. The van der Waals surface area contributed by atoms with Gasteiger partial charge in [-0.25, -0.2) is 9.78 Å². The van der Waals surface area contributed by atoms with Crippen LogP contribution < -0.4 is 5.32 Å². The van der Waals surface area contributed by atoms with Gasteiger partial charge in [0.1, 0.15) is 5.60 Å².